The average molecular weight is 393 g/mol. The van der Waals surface area contributed by atoms with Crippen LogP contribution in [0.3, 0.4) is 0 Å². The third kappa shape index (κ3) is 2.80. The molecule has 0 aromatic heterocycles. The van der Waals surface area contributed by atoms with Crippen molar-refractivity contribution in [1.29, 1.82) is 0 Å². The summed E-state index contributed by atoms with van der Waals surface area (Å²) in [7, 11) is 0. The maximum atomic E-state index is 12.9. The van der Waals surface area contributed by atoms with Crippen LogP contribution in [0.1, 0.15) is 17.5 Å². The van der Waals surface area contributed by atoms with Crippen molar-refractivity contribution in [2.24, 2.45) is 23.7 Å². The maximum absolute atomic E-state index is 12.9. The zero-order chi connectivity index (χ0) is 20.3. The van der Waals surface area contributed by atoms with Gasteiger partial charge in [0.05, 0.1) is 11.8 Å². The van der Waals surface area contributed by atoms with Gasteiger partial charge < -0.3 is 9.80 Å². The van der Waals surface area contributed by atoms with Crippen molar-refractivity contribution in [3.8, 4) is 0 Å². The number of likely N-dealkylation sites (tertiary alicyclic amines) is 1. The predicted octanol–water partition coefficient (Wildman–Crippen LogP) is 1.76. The number of fused-ring (bicyclic) bond motifs is 5. The molecule has 2 heterocycles. The quantitative estimate of drug-likeness (QED) is 0.580. The Hall–Kier alpha value is -2.63. The molecule has 152 valence electrons. The first kappa shape index (κ1) is 18.4. The minimum absolute atomic E-state index is 0.104. The van der Waals surface area contributed by atoms with Gasteiger partial charge in [-0.25, -0.2) is 0 Å². The number of hydrogen-bond acceptors (Lipinski definition) is 4. The number of piperazine rings is 1. The molecule has 3 fully saturated rings. The number of aryl methyl sites for hydroxylation is 1. The molecule has 2 aliphatic carbocycles. The van der Waals surface area contributed by atoms with Crippen LogP contribution < -0.4 is 4.90 Å². The number of benzene rings is 1. The van der Waals surface area contributed by atoms with Crippen LogP contribution >= 0.6 is 0 Å². The number of carbonyl (C=O) groups excluding carboxylic acids is 3. The Balaban J connectivity index is 1.21. The lowest BCUT2D eigenvalue weighted by Gasteiger charge is -2.37. The molecule has 6 nitrogen and oxygen atoms in total. The minimum atomic E-state index is -0.230. The summed E-state index contributed by atoms with van der Waals surface area (Å²) in [5, 5.41) is 0. The van der Waals surface area contributed by atoms with E-state index < -0.39 is 0 Å². The number of nitrogens with zero attached hydrogens (tertiary/aromatic N) is 3. The van der Waals surface area contributed by atoms with Gasteiger partial charge in [0, 0.05) is 31.9 Å². The standard InChI is InChI=1S/C23H27N3O3/c1-14-4-3-5-18(15(14)2)24-8-10-25(11-9-24)19(27)13-26-22(28)20-16-6-7-17(12-16)21(20)23(26)29/h3-7,16-17,20-21H,8-13H2,1-2H3. The molecule has 4 aliphatic rings. The highest BCUT2D eigenvalue weighted by Gasteiger charge is 2.59. The first-order valence-corrected chi connectivity index (χ1v) is 10.6. The van der Waals surface area contributed by atoms with Gasteiger partial charge in [-0.15, -0.1) is 0 Å². The summed E-state index contributed by atoms with van der Waals surface area (Å²) in [6.45, 7) is 6.89. The maximum Gasteiger partial charge on any atom is 0.242 e. The van der Waals surface area contributed by atoms with Crippen molar-refractivity contribution >= 4 is 23.4 Å². The smallest absolute Gasteiger partial charge is 0.242 e. The lowest BCUT2D eigenvalue weighted by atomic mass is 9.85. The number of allylic oxidation sites excluding steroid dienone is 2. The first-order chi connectivity index (χ1) is 14.0. The first-order valence-electron chi connectivity index (χ1n) is 10.6. The molecule has 1 saturated carbocycles. The molecule has 5 rings (SSSR count). The number of carbonyl (C=O) groups is 3. The normalized spacial score (nSPS) is 30.5. The van der Waals surface area contributed by atoms with E-state index in [2.05, 4.69) is 49.1 Å². The van der Waals surface area contributed by atoms with E-state index in [0.717, 1.165) is 19.5 Å². The van der Waals surface area contributed by atoms with Gasteiger partial charge >= 0.3 is 0 Å². The van der Waals surface area contributed by atoms with Gasteiger partial charge in [-0.1, -0.05) is 24.3 Å². The number of amides is 3. The van der Waals surface area contributed by atoms with E-state index in [-0.39, 0.29) is 47.9 Å². The van der Waals surface area contributed by atoms with E-state index in [9.17, 15) is 14.4 Å². The molecule has 2 aliphatic heterocycles. The monoisotopic (exact) mass is 393 g/mol. The van der Waals surface area contributed by atoms with E-state index in [1.54, 1.807) is 4.90 Å². The molecular weight excluding hydrogens is 366 g/mol. The van der Waals surface area contributed by atoms with Gasteiger partial charge in [0.15, 0.2) is 0 Å². The third-order valence-electron chi connectivity index (χ3n) is 7.40. The zero-order valence-corrected chi connectivity index (χ0v) is 17.0. The fraction of sp³-hybridized carbons (Fsp3) is 0.522. The van der Waals surface area contributed by atoms with Gasteiger partial charge in [0.1, 0.15) is 6.54 Å². The number of anilines is 1. The SMILES string of the molecule is Cc1cccc(N2CCN(C(=O)CN3C(=O)C4C5C=CC(C5)C4C3=O)CC2)c1C. The zero-order valence-electron chi connectivity index (χ0n) is 17.0. The summed E-state index contributed by atoms with van der Waals surface area (Å²) in [6.07, 6.45) is 5.07. The van der Waals surface area contributed by atoms with Crippen LogP contribution in [0.2, 0.25) is 0 Å². The molecular formula is C23H27N3O3. The van der Waals surface area contributed by atoms with Crippen molar-refractivity contribution < 1.29 is 14.4 Å². The number of hydrogen-bond donors (Lipinski definition) is 0. The largest absolute Gasteiger partial charge is 0.368 e. The van der Waals surface area contributed by atoms with Crippen LogP contribution in [0, 0.1) is 37.5 Å². The fourth-order valence-electron chi connectivity index (χ4n) is 5.63. The van der Waals surface area contributed by atoms with Crippen LogP contribution in [-0.2, 0) is 14.4 Å². The second-order valence-electron chi connectivity index (χ2n) is 8.85. The Morgan fingerprint density at radius 3 is 2.21 bits per heavy atom. The predicted molar refractivity (Wildman–Crippen MR) is 109 cm³/mol. The summed E-state index contributed by atoms with van der Waals surface area (Å²) in [5.41, 5.74) is 3.76. The number of rotatable bonds is 3. The minimum Gasteiger partial charge on any atom is -0.368 e. The van der Waals surface area contributed by atoms with E-state index in [0.29, 0.717) is 13.1 Å². The Morgan fingerprint density at radius 1 is 0.966 bits per heavy atom. The topological polar surface area (TPSA) is 60.9 Å². The molecule has 1 aromatic carbocycles. The molecule has 6 heteroatoms. The van der Waals surface area contributed by atoms with Crippen LogP contribution in [0.25, 0.3) is 0 Å². The van der Waals surface area contributed by atoms with Crippen molar-refractivity contribution in [3.05, 3.63) is 41.5 Å². The van der Waals surface area contributed by atoms with Gasteiger partial charge in [-0.05, 0) is 49.3 Å². The van der Waals surface area contributed by atoms with Gasteiger partial charge in [-0.3, -0.25) is 19.3 Å². The number of imide groups is 1. The van der Waals surface area contributed by atoms with Gasteiger partial charge in [-0.2, -0.15) is 0 Å². The van der Waals surface area contributed by atoms with Gasteiger partial charge in [0.25, 0.3) is 0 Å². The average Bonchev–Trinajstić information content (AvgIpc) is 3.40. The molecule has 2 saturated heterocycles. The Morgan fingerprint density at radius 2 is 1.59 bits per heavy atom. The van der Waals surface area contributed by atoms with Crippen molar-refractivity contribution in [2.75, 3.05) is 37.6 Å². The van der Waals surface area contributed by atoms with E-state index in [4.69, 9.17) is 0 Å². The molecule has 0 N–H and O–H groups in total. The summed E-state index contributed by atoms with van der Waals surface area (Å²) in [6, 6.07) is 6.31. The second kappa shape index (κ2) is 6.71. The van der Waals surface area contributed by atoms with E-state index in [1.807, 2.05) is 0 Å². The second-order valence-corrected chi connectivity index (χ2v) is 8.85. The summed E-state index contributed by atoms with van der Waals surface area (Å²) < 4.78 is 0. The van der Waals surface area contributed by atoms with Crippen LogP contribution in [0.15, 0.2) is 30.4 Å². The highest BCUT2D eigenvalue weighted by molar-refractivity contribution is 6.08. The highest BCUT2D eigenvalue weighted by Crippen LogP contribution is 2.52. The summed E-state index contributed by atoms with van der Waals surface area (Å²) in [4.78, 5) is 43.8. The lowest BCUT2D eigenvalue weighted by molar-refractivity contribution is -0.147. The Bertz CT molecular complexity index is 886. The lowest BCUT2D eigenvalue weighted by Crippen LogP contribution is -2.52. The molecule has 1 aromatic rings. The highest BCUT2D eigenvalue weighted by atomic mass is 16.2. The van der Waals surface area contributed by atoms with Crippen molar-refractivity contribution in [3.63, 3.8) is 0 Å². The fourth-order valence-corrected chi connectivity index (χ4v) is 5.63. The molecule has 4 atom stereocenters. The molecule has 29 heavy (non-hydrogen) atoms. The van der Waals surface area contributed by atoms with Crippen LogP contribution in [-0.4, -0.2) is 60.2 Å². The van der Waals surface area contributed by atoms with Crippen molar-refractivity contribution in [1.82, 2.24) is 9.80 Å². The van der Waals surface area contributed by atoms with E-state index in [1.165, 1.54) is 21.7 Å². The van der Waals surface area contributed by atoms with Crippen molar-refractivity contribution in [2.45, 2.75) is 20.3 Å². The summed E-state index contributed by atoms with van der Waals surface area (Å²) >= 11 is 0. The Kier molecular flexibility index (Phi) is 4.26. The van der Waals surface area contributed by atoms with Crippen LogP contribution in [0.4, 0.5) is 5.69 Å². The molecule has 3 amide bonds. The Labute approximate surface area is 171 Å². The molecule has 0 spiro atoms. The molecule has 0 radical (unpaired) electrons. The van der Waals surface area contributed by atoms with Gasteiger partial charge in [0.2, 0.25) is 17.7 Å². The molecule has 2 bridgehead atoms. The van der Waals surface area contributed by atoms with Crippen LogP contribution in [0.5, 0.6) is 0 Å². The molecule has 4 unspecified atom stereocenters. The summed E-state index contributed by atoms with van der Waals surface area (Å²) in [5.74, 6) is -0.491. The van der Waals surface area contributed by atoms with E-state index >= 15 is 0 Å². The third-order valence-corrected chi connectivity index (χ3v) is 7.40.